The van der Waals surface area contributed by atoms with E-state index in [4.69, 9.17) is 4.74 Å². The summed E-state index contributed by atoms with van der Waals surface area (Å²) in [7, 11) is -3.47. The molecular formula is C22H28N2O4S. The van der Waals surface area contributed by atoms with E-state index in [-0.39, 0.29) is 18.6 Å². The fourth-order valence-corrected chi connectivity index (χ4v) is 4.61. The minimum absolute atomic E-state index is 0.0962. The fourth-order valence-electron chi connectivity index (χ4n) is 3.60. The Labute approximate surface area is 172 Å². The topological polar surface area (TPSA) is 75.7 Å². The minimum atomic E-state index is -3.47. The summed E-state index contributed by atoms with van der Waals surface area (Å²) in [6, 6.07) is 12.8. The zero-order valence-corrected chi connectivity index (χ0v) is 18.0. The summed E-state index contributed by atoms with van der Waals surface area (Å²) < 4.78 is 31.9. The molecule has 0 saturated carbocycles. The van der Waals surface area contributed by atoms with E-state index >= 15 is 0 Å². The molecule has 0 aliphatic carbocycles. The Bertz CT molecular complexity index is 945. The molecular weight excluding hydrogens is 388 g/mol. The maximum Gasteiger partial charge on any atom is 0.251 e. The Morgan fingerprint density at radius 2 is 1.79 bits per heavy atom. The standard InChI is InChI=1S/C22H28N2O4S/c1-16-6-4-7-17(2)21(16)24(29(3,26)27)15-18-9-11-19(12-10-18)22(25)23-14-20-8-5-13-28-20/h4,6-7,9-12,20H,5,8,13-15H2,1-3H3,(H,23,25). The van der Waals surface area contributed by atoms with Gasteiger partial charge in [-0.05, 0) is 55.5 Å². The van der Waals surface area contributed by atoms with Crippen LogP contribution in [-0.2, 0) is 21.3 Å². The van der Waals surface area contributed by atoms with E-state index in [0.29, 0.717) is 17.8 Å². The minimum Gasteiger partial charge on any atom is -0.376 e. The van der Waals surface area contributed by atoms with Crippen LogP contribution < -0.4 is 9.62 Å². The van der Waals surface area contributed by atoms with Gasteiger partial charge in [0.15, 0.2) is 0 Å². The van der Waals surface area contributed by atoms with Gasteiger partial charge >= 0.3 is 0 Å². The Balaban J connectivity index is 1.73. The monoisotopic (exact) mass is 416 g/mol. The number of nitrogens with one attached hydrogen (secondary N) is 1. The number of anilines is 1. The fraction of sp³-hybridized carbons (Fsp3) is 0.409. The molecule has 3 rings (SSSR count). The first-order chi connectivity index (χ1) is 13.8. The van der Waals surface area contributed by atoms with Crippen molar-refractivity contribution in [1.29, 1.82) is 0 Å². The van der Waals surface area contributed by atoms with E-state index in [2.05, 4.69) is 5.32 Å². The first-order valence-electron chi connectivity index (χ1n) is 9.78. The third-order valence-corrected chi connectivity index (χ3v) is 6.26. The molecule has 1 atom stereocenters. The number of para-hydroxylation sites is 1. The van der Waals surface area contributed by atoms with Crippen LogP contribution in [0.2, 0.25) is 0 Å². The van der Waals surface area contributed by atoms with Crippen LogP contribution in [0.25, 0.3) is 0 Å². The number of rotatable bonds is 7. The van der Waals surface area contributed by atoms with Crippen molar-refractivity contribution in [2.24, 2.45) is 0 Å². The molecule has 1 saturated heterocycles. The molecule has 0 bridgehead atoms. The van der Waals surface area contributed by atoms with Crippen molar-refractivity contribution < 1.29 is 17.9 Å². The lowest BCUT2D eigenvalue weighted by Crippen LogP contribution is -2.32. The number of carbonyl (C=O) groups excluding carboxylic acids is 1. The second-order valence-electron chi connectivity index (χ2n) is 7.55. The van der Waals surface area contributed by atoms with E-state index in [0.717, 1.165) is 36.1 Å². The maximum absolute atomic E-state index is 12.5. The van der Waals surface area contributed by atoms with Gasteiger partial charge in [-0.3, -0.25) is 9.10 Å². The van der Waals surface area contributed by atoms with Gasteiger partial charge in [0.05, 0.1) is 24.6 Å². The number of sulfonamides is 1. The molecule has 7 heteroatoms. The Morgan fingerprint density at radius 1 is 1.14 bits per heavy atom. The summed E-state index contributed by atoms with van der Waals surface area (Å²) in [6.45, 7) is 5.29. The molecule has 1 N–H and O–H groups in total. The highest BCUT2D eigenvalue weighted by Crippen LogP contribution is 2.28. The molecule has 1 amide bonds. The Hall–Kier alpha value is -2.38. The van der Waals surface area contributed by atoms with Gasteiger partial charge in [-0.2, -0.15) is 0 Å². The lowest BCUT2D eigenvalue weighted by Gasteiger charge is -2.26. The van der Waals surface area contributed by atoms with Crippen molar-refractivity contribution >= 4 is 21.6 Å². The summed E-state index contributed by atoms with van der Waals surface area (Å²) in [5.41, 5.74) is 3.87. The highest BCUT2D eigenvalue weighted by Gasteiger charge is 2.22. The zero-order chi connectivity index (χ0) is 21.0. The second-order valence-corrected chi connectivity index (χ2v) is 9.46. The van der Waals surface area contributed by atoms with Gasteiger partial charge in [0.1, 0.15) is 0 Å². The Morgan fingerprint density at radius 3 is 2.34 bits per heavy atom. The third-order valence-electron chi connectivity index (χ3n) is 5.15. The number of nitrogens with zero attached hydrogens (tertiary/aromatic N) is 1. The number of amides is 1. The number of benzene rings is 2. The van der Waals surface area contributed by atoms with Gasteiger partial charge in [0, 0.05) is 18.7 Å². The quantitative estimate of drug-likeness (QED) is 0.752. The normalized spacial score (nSPS) is 16.6. The number of hydrogen-bond acceptors (Lipinski definition) is 4. The Kier molecular flexibility index (Phi) is 6.59. The average Bonchev–Trinajstić information content (AvgIpc) is 3.18. The lowest BCUT2D eigenvalue weighted by molar-refractivity contribution is 0.0858. The van der Waals surface area contributed by atoms with Crippen LogP contribution in [0.1, 0.15) is 39.9 Å². The van der Waals surface area contributed by atoms with E-state index in [1.165, 1.54) is 10.6 Å². The molecule has 1 fully saturated rings. The van der Waals surface area contributed by atoms with E-state index < -0.39 is 10.0 Å². The SMILES string of the molecule is Cc1cccc(C)c1N(Cc1ccc(C(=O)NCC2CCCO2)cc1)S(C)(=O)=O. The highest BCUT2D eigenvalue weighted by molar-refractivity contribution is 7.92. The number of ether oxygens (including phenoxy) is 1. The highest BCUT2D eigenvalue weighted by atomic mass is 32.2. The molecule has 0 aromatic heterocycles. The molecule has 6 nitrogen and oxygen atoms in total. The number of hydrogen-bond donors (Lipinski definition) is 1. The molecule has 29 heavy (non-hydrogen) atoms. The molecule has 1 aliphatic heterocycles. The van der Waals surface area contributed by atoms with Crippen LogP contribution in [0.15, 0.2) is 42.5 Å². The molecule has 2 aromatic carbocycles. The molecule has 0 radical (unpaired) electrons. The van der Waals surface area contributed by atoms with Crippen molar-refractivity contribution in [3.63, 3.8) is 0 Å². The summed E-state index contributed by atoms with van der Waals surface area (Å²) in [6.07, 6.45) is 3.32. The van der Waals surface area contributed by atoms with Crippen LogP contribution in [0, 0.1) is 13.8 Å². The van der Waals surface area contributed by atoms with E-state index in [1.54, 1.807) is 24.3 Å². The van der Waals surface area contributed by atoms with Crippen molar-refractivity contribution in [1.82, 2.24) is 5.32 Å². The summed E-state index contributed by atoms with van der Waals surface area (Å²) in [4.78, 5) is 12.3. The molecule has 1 unspecified atom stereocenters. The van der Waals surface area contributed by atoms with Gasteiger partial charge in [0.25, 0.3) is 5.91 Å². The molecule has 1 heterocycles. The summed E-state index contributed by atoms with van der Waals surface area (Å²) in [5, 5.41) is 2.90. The summed E-state index contributed by atoms with van der Waals surface area (Å²) in [5.74, 6) is -0.151. The average molecular weight is 417 g/mol. The number of carbonyl (C=O) groups is 1. The first kappa shape index (κ1) is 21.3. The molecule has 156 valence electrons. The van der Waals surface area contributed by atoms with Crippen LogP contribution in [-0.4, -0.2) is 39.8 Å². The largest absolute Gasteiger partial charge is 0.376 e. The van der Waals surface area contributed by atoms with Crippen LogP contribution in [0.3, 0.4) is 0 Å². The van der Waals surface area contributed by atoms with Crippen molar-refractivity contribution in [3.8, 4) is 0 Å². The van der Waals surface area contributed by atoms with Crippen LogP contribution in [0.5, 0.6) is 0 Å². The van der Waals surface area contributed by atoms with Gasteiger partial charge < -0.3 is 10.1 Å². The van der Waals surface area contributed by atoms with Crippen LogP contribution in [0.4, 0.5) is 5.69 Å². The summed E-state index contributed by atoms with van der Waals surface area (Å²) >= 11 is 0. The van der Waals surface area contributed by atoms with E-state index in [1.807, 2.05) is 32.0 Å². The van der Waals surface area contributed by atoms with Gasteiger partial charge in [-0.25, -0.2) is 8.42 Å². The third kappa shape index (κ3) is 5.36. The van der Waals surface area contributed by atoms with Crippen molar-refractivity contribution in [2.45, 2.75) is 39.3 Å². The molecule has 2 aromatic rings. The van der Waals surface area contributed by atoms with E-state index in [9.17, 15) is 13.2 Å². The van der Waals surface area contributed by atoms with Gasteiger partial charge in [0.2, 0.25) is 10.0 Å². The maximum atomic E-state index is 12.5. The lowest BCUT2D eigenvalue weighted by atomic mass is 10.1. The smallest absolute Gasteiger partial charge is 0.251 e. The predicted molar refractivity (Wildman–Crippen MR) is 115 cm³/mol. The molecule has 1 aliphatic rings. The van der Waals surface area contributed by atoms with Crippen molar-refractivity contribution in [3.05, 3.63) is 64.7 Å². The molecule has 0 spiro atoms. The second kappa shape index (κ2) is 8.97. The first-order valence-corrected chi connectivity index (χ1v) is 11.6. The van der Waals surface area contributed by atoms with Crippen molar-refractivity contribution in [2.75, 3.05) is 23.7 Å². The predicted octanol–water partition coefficient (Wildman–Crippen LogP) is 3.18. The van der Waals surface area contributed by atoms with Gasteiger partial charge in [-0.1, -0.05) is 30.3 Å². The van der Waals surface area contributed by atoms with Gasteiger partial charge in [-0.15, -0.1) is 0 Å². The zero-order valence-electron chi connectivity index (χ0n) is 17.1. The number of aryl methyl sites for hydroxylation is 2. The van der Waals surface area contributed by atoms with Crippen LogP contribution >= 0.6 is 0 Å².